The molecule has 5 heteroatoms. The Kier molecular flexibility index (Phi) is 4.71. The van der Waals surface area contributed by atoms with Crippen molar-refractivity contribution in [3.8, 4) is 0 Å². The van der Waals surface area contributed by atoms with Gasteiger partial charge < -0.3 is 5.32 Å². The maximum Gasteiger partial charge on any atom is 0.274 e. The molecule has 3 rings (SSSR count). The Hall–Kier alpha value is -2.14. The second-order valence-corrected chi connectivity index (χ2v) is 6.86. The molecule has 0 spiro atoms. The van der Waals surface area contributed by atoms with Gasteiger partial charge in [0, 0.05) is 16.4 Å². The summed E-state index contributed by atoms with van der Waals surface area (Å²) in [6, 6.07) is 9.79. The van der Waals surface area contributed by atoms with Gasteiger partial charge in [-0.05, 0) is 55.7 Å². The van der Waals surface area contributed by atoms with E-state index in [2.05, 4.69) is 33.2 Å². The van der Waals surface area contributed by atoms with Gasteiger partial charge in [-0.3, -0.25) is 9.20 Å². The van der Waals surface area contributed by atoms with Crippen LogP contribution in [0.1, 0.15) is 40.7 Å². The number of aryl methyl sites for hydroxylation is 3. The van der Waals surface area contributed by atoms with E-state index in [4.69, 9.17) is 0 Å². The summed E-state index contributed by atoms with van der Waals surface area (Å²) in [5, 5.41) is 2.99. The molecule has 1 amide bonds. The van der Waals surface area contributed by atoms with Crippen molar-refractivity contribution >= 4 is 33.2 Å². The maximum absolute atomic E-state index is 12.9. The summed E-state index contributed by atoms with van der Waals surface area (Å²) in [6.07, 6.45) is 3.64. The molecule has 3 aromatic rings. The lowest BCUT2D eigenvalue weighted by molar-refractivity contribution is 0.102. The molecule has 2 aromatic heterocycles. The van der Waals surface area contributed by atoms with Crippen molar-refractivity contribution in [3.05, 3.63) is 63.5 Å². The minimum absolute atomic E-state index is 0.134. The van der Waals surface area contributed by atoms with Crippen LogP contribution in [-0.2, 0) is 6.42 Å². The predicted octanol–water partition coefficient (Wildman–Crippen LogP) is 4.92. The Morgan fingerprint density at radius 3 is 2.75 bits per heavy atom. The summed E-state index contributed by atoms with van der Waals surface area (Å²) >= 11 is 3.50. The summed E-state index contributed by atoms with van der Waals surface area (Å²) in [5.41, 5.74) is 5.29. The molecule has 0 saturated carbocycles. The average Bonchev–Trinajstić information content (AvgIpc) is 2.88. The molecule has 0 radical (unpaired) electrons. The van der Waals surface area contributed by atoms with Crippen LogP contribution in [0.15, 0.2) is 41.0 Å². The molecule has 0 fully saturated rings. The summed E-state index contributed by atoms with van der Waals surface area (Å²) in [7, 11) is 0. The van der Waals surface area contributed by atoms with E-state index < -0.39 is 0 Å². The normalized spacial score (nSPS) is 11.0. The quantitative estimate of drug-likeness (QED) is 0.692. The van der Waals surface area contributed by atoms with Gasteiger partial charge in [0.1, 0.15) is 11.3 Å². The summed E-state index contributed by atoms with van der Waals surface area (Å²) in [6.45, 7) is 6.13. The topological polar surface area (TPSA) is 46.4 Å². The standard InChI is InChI=1S/C19H20BrN3O/c1-4-5-16-18(23-9-8-12(2)10-17(23)22-16)19(24)21-14-7-6-13(3)15(20)11-14/h6-11H,4-5H2,1-3H3,(H,21,24). The van der Waals surface area contributed by atoms with Gasteiger partial charge in [0.15, 0.2) is 0 Å². The van der Waals surface area contributed by atoms with Crippen LogP contribution >= 0.6 is 15.9 Å². The maximum atomic E-state index is 12.9. The molecule has 124 valence electrons. The molecular weight excluding hydrogens is 366 g/mol. The number of nitrogens with one attached hydrogen (secondary N) is 1. The van der Waals surface area contributed by atoms with Crippen LogP contribution in [0.4, 0.5) is 5.69 Å². The van der Waals surface area contributed by atoms with Crippen molar-refractivity contribution in [1.29, 1.82) is 0 Å². The number of nitrogens with zero attached hydrogens (tertiary/aromatic N) is 2. The largest absolute Gasteiger partial charge is 0.321 e. The van der Waals surface area contributed by atoms with Gasteiger partial charge in [0.2, 0.25) is 0 Å². The number of hydrogen-bond donors (Lipinski definition) is 1. The third kappa shape index (κ3) is 3.22. The molecule has 0 aliphatic heterocycles. The molecule has 0 unspecified atom stereocenters. The number of rotatable bonds is 4. The lowest BCUT2D eigenvalue weighted by Crippen LogP contribution is -2.16. The highest BCUT2D eigenvalue weighted by Gasteiger charge is 2.19. The van der Waals surface area contributed by atoms with Crippen LogP contribution in [0.5, 0.6) is 0 Å². The second kappa shape index (κ2) is 6.77. The fraction of sp³-hybridized carbons (Fsp3) is 0.263. The van der Waals surface area contributed by atoms with E-state index in [1.165, 1.54) is 0 Å². The van der Waals surface area contributed by atoms with E-state index in [9.17, 15) is 4.79 Å². The van der Waals surface area contributed by atoms with Crippen LogP contribution in [0.2, 0.25) is 0 Å². The SMILES string of the molecule is CCCc1nc2cc(C)ccn2c1C(=O)Nc1ccc(C)c(Br)c1. The van der Waals surface area contributed by atoms with E-state index in [0.717, 1.165) is 45.5 Å². The highest BCUT2D eigenvalue weighted by atomic mass is 79.9. The number of anilines is 1. The molecule has 0 atom stereocenters. The summed E-state index contributed by atoms with van der Waals surface area (Å²) < 4.78 is 2.85. The number of aromatic nitrogens is 2. The first-order valence-corrected chi connectivity index (χ1v) is 8.84. The van der Waals surface area contributed by atoms with E-state index in [-0.39, 0.29) is 5.91 Å². The zero-order valence-corrected chi connectivity index (χ0v) is 15.6. The van der Waals surface area contributed by atoms with E-state index in [1.807, 2.05) is 54.8 Å². The van der Waals surface area contributed by atoms with Gasteiger partial charge in [-0.25, -0.2) is 4.98 Å². The first-order valence-electron chi connectivity index (χ1n) is 8.04. The summed E-state index contributed by atoms with van der Waals surface area (Å²) in [4.78, 5) is 17.5. The zero-order valence-electron chi connectivity index (χ0n) is 14.1. The number of halogens is 1. The van der Waals surface area contributed by atoms with Crippen LogP contribution in [0.25, 0.3) is 5.65 Å². The van der Waals surface area contributed by atoms with Gasteiger partial charge in [0.05, 0.1) is 5.69 Å². The van der Waals surface area contributed by atoms with Crippen LogP contribution in [0, 0.1) is 13.8 Å². The molecule has 2 heterocycles. The van der Waals surface area contributed by atoms with Gasteiger partial charge >= 0.3 is 0 Å². The average molecular weight is 386 g/mol. The summed E-state index contributed by atoms with van der Waals surface area (Å²) in [5.74, 6) is -0.134. The van der Waals surface area contributed by atoms with Crippen molar-refractivity contribution in [2.45, 2.75) is 33.6 Å². The van der Waals surface area contributed by atoms with Crippen LogP contribution in [-0.4, -0.2) is 15.3 Å². The van der Waals surface area contributed by atoms with Gasteiger partial charge in [0.25, 0.3) is 5.91 Å². The fourth-order valence-electron chi connectivity index (χ4n) is 2.71. The number of carbonyl (C=O) groups is 1. The highest BCUT2D eigenvalue weighted by molar-refractivity contribution is 9.10. The Bertz CT molecular complexity index is 914. The van der Waals surface area contributed by atoms with Crippen molar-refractivity contribution < 1.29 is 4.79 Å². The molecule has 0 saturated heterocycles. The number of fused-ring (bicyclic) bond motifs is 1. The lowest BCUT2D eigenvalue weighted by Gasteiger charge is -2.08. The van der Waals surface area contributed by atoms with Crippen LogP contribution in [0.3, 0.4) is 0 Å². The Morgan fingerprint density at radius 2 is 2.04 bits per heavy atom. The number of carbonyl (C=O) groups excluding carboxylic acids is 1. The van der Waals surface area contributed by atoms with Crippen LogP contribution < -0.4 is 5.32 Å². The molecule has 4 nitrogen and oxygen atoms in total. The Morgan fingerprint density at radius 1 is 1.25 bits per heavy atom. The van der Waals surface area contributed by atoms with Crippen molar-refractivity contribution in [2.24, 2.45) is 0 Å². The number of amides is 1. The van der Waals surface area contributed by atoms with Crippen molar-refractivity contribution in [3.63, 3.8) is 0 Å². The van der Waals surface area contributed by atoms with E-state index in [0.29, 0.717) is 5.69 Å². The van der Waals surface area contributed by atoms with Gasteiger partial charge in [-0.2, -0.15) is 0 Å². The Balaban J connectivity index is 2.01. The first kappa shape index (κ1) is 16.7. The number of imidazole rings is 1. The first-order chi connectivity index (χ1) is 11.5. The zero-order chi connectivity index (χ0) is 17.3. The van der Waals surface area contributed by atoms with Crippen molar-refractivity contribution in [2.75, 3.05) is 5.32 Å². The highest BCUT2D eigenvalue weighted by Crippen LogP contribution is 2.22. The van der Waals surface area contributed by atoms with Crippen molar-refractivity contribution in [1.82, 2.24) is 9.38 Å². The lowest BCUT2D eigenvalue weighted by atomic mass is 10.2. The predicted molar refractivity (Wildman–Crippen MR) is 101 cm³/mol. The molecule has 0 bridgehead atoms. The number of hydrogen-bond acceptors (Lipinski definition) is 2. The molecule has 1 aromatic carbocycles. The van der Waals surface area contributed by atoms with E-state index >= 15 is 0 Å². The third-order valence-corrected chi connectivity index (χ3v) is 4.84. The van der Waals surface area contributed by atoms with Gasteiger partial charge in [-0.15, -0.1) is 0 Å². The minimum Gasteiger partial charge on any atom is -0.321 e. The number of pyridine rings is 1. The third-order valence-electron chi connectivity index (χ3n) is 3.99. The van der Waals surface area contributed by atoms with Gasteiger partial charge in [-0.1, -0.05) is 35.3 Å². The Labute approximate surface area is 150 Å². The smallest absolute Gasteiger partial charge is 0.274 e. The fourth-order valence-corrected chi connectivity index (χ4v) is 3.09. The monoisotopic (exact) mass is 385 g/mol. The second-order valence-electron chi connectivity index (χ2n) is 6.01. The molecule has 1 N–H and O–H groups in total. The molecule has 0 aliphatic rings. The van der Waals surface area contributed by atoms with E-state index in [1.54, 1.807) is 0 Å². The minimum atomic E-state index is -0.134. The molecule has 0 aliphatic carbocycles. The number of benzene rings is 1. The molecule has 24 heavy (non-hydrogen) atoms. The molecular formula is C19H20BrN3O.